The van der Waals surface area contributed by atoms with Crippen LogP contribution in [0.15, 0.2) is 48.5 Å². The first-order chi connectivity index (χ1) is 12.5. The summed E-state index contributed by atoms with van der Waals surface area (Å²) in [6.45, 7) is 0.161. The van der Waals surface area contributed by atoms with E-state index in [-0.39, 0.29) is 19.2 Å². The van der Waals surface area contributed by atoms with Crippen molar-refractivity contribution in [3.8, 4) is 17.2 Å². The van der Waals surface area contributed by atoms with Crippen molar-refractivity contribution in [3.05, 3.63) is 48.5 Å². The Kier molecular flexibility index (Phi) is 5.29. The highest BCUT2D eigenvalue weighted by Crippen LogP contribution is 2.31. The molecule has 0 radical (unpaired) electrons. The quantitative estimate of drug-likeness (QED) is 0.764. The number of anilines is 1. The maximum Gasteiger partial charge on any atom is 0.321 e. The molecule has 0 spiro atoms. The molecule has 7 nitrogen and oxygen atoms in total. The lowest BCUT2D eigenvalue weighted by atomic mass is 10.1. The van der Waals surface area contributed by atoms with Crippen molar-refractivity contribution in [2.75, 3.05) is 32.1 Å². The van der Waals surface area contributed by atoms with Crippen LogP contribution in [-0.2, 0) is 0 Å². The molecule has 0 bridgehead atoms. The van der Waals surface area contributed by atoms with Gasteiger partial charge >= 0.3 is 6.03 Å². The minimum absolute atomic E-state index is 0.115. The highest BCUT2D eigenvalue weighted by molar-refractivity contribution is 5.89. The van der Waals surface area contributed by atoms with Crippen LogP contribution in [0.1, 0.15) is 6.42 Å². The number of hydrogen-bond acceptors (Lipinski definition) is 5. The van der Waals surface area contributed by atoms with E-state index < -0.39 is 5.60 Å². The van der Waals surface area contributed by atoms with E-state index in [9.17, 15) is 15.0 Å². The van der Waals surface area contributed by atoms with Crippen LogP contribution in [0, 0.1) is 0 Å². The number of para-hydroxylation sites is 2. The minimum atomic E-state index is -1.20. The van der Waals surface area contributed by atoms with Crippen LogP contribution >= 0.6 is 0 Å². The number of urea groups is 1. The third kappa shape index (κ3) is 4.07. The molecule has 0 aromatic heterocycles. The second-order valence-corrected chi connectivity index (χ2v) is 6.26. The number of benzene rings is 2. The molecule has 1 heterocycles. The molecule has 0 aliphatic carbocycles. The minimum Gasteiger partial charge on any atom is -0.493 e. The van der Waals surface area contributed by atoms with Gasteiger partial charge in [-0.05, 0) is 42.8 Å². The van der Waals surface area contributed by atoms with Gasteiger partial charge in [0.05, 0.1) is 20.3 Å². The first-order valence-electron chi connectivity index (χ1n) is 8.33. The number of carbonyl (C=O) groups excluding carboxylic acids is 1. The van der Waals surface area contributed by atoms with Crippen LogP contribution in [0.25, 0.3) is 0 Å². The first kappa shape index (κ1) is 18.0. The standard InChI is InChI=1S/C19H22N2O5/c1-25-16-4-2-3-5-17(16)26-15-8-6-14(7-9-15)20-18(23)21-11-10-19(24,12-21)13-22/h2-9,22,24H,10-13H2,1H3,(H,20,23)/t19-/m0/s1. The lowest BCUT2D eigenvalue weighted by Crippen LogP contribution is -2.40. The highest BCUT2D eigenvalue weighted by Gasteiger charge is 2.37. The summed E-state index contributed by atoms with van der Waals surface area (Å²) in [5.41, 5.74) is -0.592. The van der Waals surface area contributed by atoms with E-state index in [1.807, 2.05) is 24.3 Å². The van der Waals surface area contributed by atoms with Gasteiger partial charge in [0.15, 0.2) is 11.5 Å². The monoisotopic (exact) mass is 358 g/mol. The average molecular weight is 358 g/mol. The van der Waals surface area contributed by atoms with Gasteiger partial charge in [-0.1, -0.05) is 12.1 Å². The third-order valence-electron chi connectivity index (χ3n) is 4.32. The van der Waals surface area contributed by atoms with Crippen molar-refractivity contribution in [1.82, 2.24) is 4.90 Å². The van der Waals surface area contributed by atoms with Gasteiger partial charge in [-0.3, -0.25) is 0 Å². The Bertz CT molecular complexity index is 765. The second-order valence-electron chi connectivity index (χ2n) is 6.26. The fourth-order valence-electron chi connectivity index (χ4n) is 2.80. The van der Waals surface area contributed by atoms with Crippen molar-refractivity contribution in [1.29, 1.82) is 0 Å². The van der Waals surface area contributed by atoms with Crippen LogP contribution in [0.3, 0.4) is 0 Å². The first-order valence-corrected chi connectivity index (χ1v) is 8.33. The zero-order valence-electron chi connectivity index (χ0n) is 14.5. The molecular formula is C19H22N2O5. The number of aliphatic hydroxyl groups is 2. The second kappa shape index (κ2) is 7.63. The van der Waals surface area contributed by atoms with Crippen molar-refractivity contribution in [3.63, 3.8) is 0 Å². The molecule has 7 heteroatoms. The van der Waals surface area contributed by atoms with E-state index in [1.54, 1.807) is 31.4 Å². The summed E-state index contributed by atoms with van der Waals surface area (Å²) in [6, 6.07) is 14.0. The van der Waals surface area contributed by atoms with Gasteiger partial charge in [-0.15, -0.1) is 0 Å². The molecule has 0 unspecified atom stereocenters. The average Bonchev–Trinajstić information content (AvgIpc) is 3.07. The Morgan fingerprint density at radius 3 is 2.50 bits per heavy atom. The zero-order chi connectivity index (χ0) is 18.6. The SMILES string of the molecule is COc1ccccc1Oc1ccc(NC(=O)N2CC[C@@](O)(CO)C2)cc1. The highest BCUT2D eigenvalue weighted by atomic mass is 16.5. The zero-order valence-corrected chi connectivity index (χ0v) is 14.5. The molecule has 26 heavy (non-hydrogen) atoms. The van der Waals surface area contributed by atoms with Gasteiger partial charge in [0, 0.05) is 12.2 Å². The summed E-state index contributed by atoms with van der Waals surface area (Å²) in [5.74, 6) is 1.85. The maximum absolute atomic E-state index is 12.3. The summed E-state index contributed by atoms with van der Waals surface area (Å²) in [4.78, 5) is 13.7. The van der Waals surface area contributed by atoms with Gasteiger partial charge in [-0.25, -0.2) is 4.79 Å². The van der Waals surface area contributed by atoms with E-state index in [4.69, 9.17) is 9.47 Å². The number of nitrogens with zero attached hydrogens (tertiary/aromatic N) is 1. The molecular weight excluding hydrogens is 336 g/mol. The molecule has 3 rings (SSSR count). The Morgan fingerprint density at radius 2 is 1.88 bits per heavy atom. The summed E-state index contributed by atoms with van der Waals surface area (Å²) < 4.78 is 11.0. The van der Waals surface area contributed by atoms with Gasteiger partial charge < -0.3 is 29.9 Å². The number of ether oxygens (including phenoxy) is 2. The molecule has 1 fully saturated rings. The van der Waals surface area contributed by atoms with E-state index >= 15 is 0 Å². The van der Waals surface area contributed by atoms with Crippen LogP contribution in [-0.4, -0.2) is 53.6 Å². The van der Waals surface area contributed by atoms with Gasteiger partial charge in [-0.2, -0.15) is 0 Å². The fourth-order valence-corrected chi connectivity index (χ4v) is 2.80. The molecule has 1 saturated heterocycles. The van der Waals surface area contributed by atoms with Gasteiger partial charge in [0.2, 0.25) is 0 Å². The normalized spacial score (nSPS) is 19.3. The van der Waals surface area contributed by atoms with Crippen molar-refractivity contribution < 1.29 is 24.5 Å². The fraction of sp³-hybridized carbons (Fsp3) is 0.316. The molecule has 2 aromatic rings. The maximum atomic E-state index is 12.3. The molecule has 2 amide bonds. The number of carbonyl (C=O) groups is 1. The number of aliphatic hydroxyl groups excluding tert-OH is 1. The molecule has 0 saturated carbocycles. The van der Waals surface area contributed by atoms with Crippen LogP contribution in [0.4, 0.5) is 10.5 Å². The van der Waals surface area contributed by atoms with Crippen LogP contribution in [0.2, 0.25) is 0 Å². The summed E-state index contributed by atoms with van der Waals surface area (Å²) in [6.07, 6.45) is 0.364. The number of β-amino-alcohol motifs (C(OH)–C–C–N with tert-alkyl or cyclic N) is 1. The third-order valence-corrected chi connectivity index (χ3v) is 4.32. The van der Waals surface area contributed by atoms with Crippen LogP contribution < -0.4 is 14.8 Å². The van der Waals surface area contributed by atoms with E-state index in [1.165, 1.54) is 4.90 Å². The Balaban J connectivity index is 1.60. The Labute approximate surface area is 151 Å². The molecule has 1 atom stereocenters. The van der Waals surface area contributed by atoms with Crippen LogP contribution in [0.5, 0.6) is 17.2 Å². The topological polar surface area (TPSA) is 91.3 Å². The van der Waals surface area contributed by atoms with Crippen molar-refractivity contribution in [2.45, 2.75) is 12.0 Å². The largest absolute Gasteiger partial charge is 0.493 e. The number of likely N-dealkylation sites (tertiary alicyclic amines) is 1. The van der Waals surface area contributed by atoms with Crippen molar-refractivity contribution >= 4 is 11.7 Å². The summed E-state index contributed by atoms with van der Waals surface area (Å²) in [7, 11) is 1.58. The Morgan fingerprint density at radius 1 is 1.19 bits per heavy atom. The predicted molar refractivity (Wildman–Crippen MR) is 96.8 cm³/mol. The lowest BCUT2D eigenvalue weighted by molar-refractivity contribution is -0.00246. The predicted octanol–water partition coefficient (Wildman–Crippen LogP) is 2.45. The number of hydrogen-bond donors (Lipinski definition) is 3. The van der Waals surface area contributed by atoms with E-state index in [0.717, 1.165) is 0 Å². The lowest BCUT2D eigenvalue weighted by Gasteiger charge is -2.21. The van der Waals surface area contributed by atoms with E-state index in [2.05, 4.69) is 5.32 Å². The van der Waals surface area contributed by atoms with E-state index in [0.29, 0.717) is 35.9 Å². The molecule has 1 aliphatic heterocycles. The summed E-state index contributed by atoms with van der Waals surface area (Å²) >= 11 is 0. The molecule has 138 valence electrons. The summed E-state index contributed by atoms with van der Waals surface area (Å²) in [5, 5.41) is 22.0. The molecule has 1 aliphatic rings. The van der Waals surface area contributed by atoms with Gasteiger partial charge in [0.25, 0.3) is 0 Å². The van der Waals surface area contributed by atoms with Gasteiger partial charge in [0.1, 0.15) is 11.4 Å². The number of amides is 2. The number of nitrogens with one attached hydrogen (secondary N) is 1. The smallest absolute Gasteiger partial charge is 0.321 e. The molecule has 2 aromatic carbocycles. The number of rotatable bonds is 5. The Hall–Kier alpha value is -2.77. The number of methoxy groups -OCH3 is 1. The molecule has 3 N–H and O–H groups in total. The van der Waals surface area contributed by atoms with Crippen molar-refractivity contribution in [2.24, 2.45) is 0 Å².